The molecule has 0 radical (unpaired) electrons. The lowest BCUT2D eigenvalue weighted by Crippen LogP contribution is -2.22. The van der Waals surface area contributed by atoms with Gasteiger partial charge in [-0.1, -0.05) is 26.0 Å². The van der Waals surface area contributed by atoms with Gasteiger partial charge in [0.05, 0.1) is 5.69 Å². The predicted molar refractivity (Wildman–Crippen MR) is 87.1 cm³/mol. The Morgan fingerprint density at radius 1 is 1.14 bits per heavy atom. The van der Waals surface area contributed by atoms with Crippen LogP contribution in [0.25, 0.3) is 0 Å². The molecule has 0 aliphatic carbocycles. The summed E-state index contributed by atoms with van der Waals surface area (Å²) in [5.74, 6) is 1.41. The highest BCUT2D eigenvalue weighted by molar-refractivity contribution is 5.50. The zero-order valence-corrected chi connectivity index (χ0v) is 13.1. The smallest absolute Gasteiger partial charge is 0.219 e. The Bertz CT molecular complexity index is 582. The first kappa shape index (κ1) is 15.3. The van der Waals surface area contributed by atoms with Crippen LogP contribution >= 0.6 is 0 Å². The largest absolute Gasteiger partial charge is 0.439 e. The van der Waals surface area contributed by atoms with Gasteiger partial charge in [-0.15, -0.1) is 0 Å². The first-order valence-electron chi connectivity index (χ1n) is 7.19. The lowest BCUT2D eigenvalue weighted by molar-refractivity contribution is 0.458. The lowest BCUT2D eigenvalue weighted by atomic mass is 10.3. The molecule has 0 fully saturated rings. The van der Waals surface area contributed by atoms with Crippen molar-refractivity contribution in [2.75, 3.05) is 19.0 Å². The second-order valence-corrected chi connectivity index (χ2v) is 5.50. The molecule has 112 valence electrons. The van der Waals surface area contributed by atoms with Crippen LogP contribution in [0.4, 0.5) is 5.69 Å². The quantitative estimate of drug-likeness (QED) is 0.882. The number of rotatable bonds is 6. The molecule has 4 heteroatoms. The summed E-state index contributed by atoms with van der Waals surface area (Å²) in [6.07, 6.45) is 0. The third kappa shape index (κ3) is 4.76. The van der Waals surface area contributed by atoms with Crippen molar-refractivity contribution < 1.29 is 4.74 Å². The van der Waals surface area contributed by atoms with Gasteiger partial charge < -0.3 is 15.0 Å². The summed E-state index contributed by atoms with van der Waals surface area (Å²) in [6, 6.07) is 14.2. The number of ether oxygens (including phenoxy) is 1. The molecule has 0 unspecified atom stereocenters. The molecule has 1 aromatic heterocycles. The van der Waals surface area contributed by atoms with E-state index in [0.29, 0.717) is 11.9 Å². The number of hydrogen-bond acceptors (Lipinski definition) is 4. The third-order valence-corrected chi connectivity index (χ3v) is 3.03. The van der Waals surface area contributed by atoms with E-state index in [1.54, 1.807) is 0 Å². The van der Waals surface area contributed by atoms with E-state index in [9.17, 15) is 0 Å². The number of nitrogens with one attached hydrogen (secondary N) is 1. The monoisotopic (exact) mass is 285 g/mol. The van der Waals surface area contributed by atoms with Gasteiger partial charge in [0.2, 0.25) is 5.88 Å². The summed E-state index contributed by atoms with van der Waals surface area (Å²) in [4.78, 5) is 6.56. The second kappa shape index (κ2) is 7.09. The molecule has 0 amide bonds. The minimum atomic E-state index is 0.438. The molecule has 1 heterocycles. The van der Waals surface area contributed by atoms with Crippen LogP contribution in [0.5, 0.6) is 11.6 Å². The first-order valence-corrected chi connectivity index (χ1v) is 7.19. The van der Waals surface area contributed by atoms with Crippen LogP contribution in [0.15, 0.2) is 42.5 Å². The van der Waals surface area contributed by atoms with E-state index in [1.807, 2.05) is 61.5 Å². The van der Waals surface area contributed by atoms with Gasteiger partial charge in [-0.25, -0.2) is 4.98 Å². The Balaban J connectivity index is 2.09. The summed E-state index contributed by atoms with van der Waals surface area (Å²) in [6.45, 7) is 4.98. The van der Waals surface area contributed by atoms with Gasteiger partial charge in [0.25, 0.3) is 0 Å². The van der Waals surface area contributed by atoms with Gasteiger partial charge in [0.15, 0.2) is 0 Å². The lowest BCUT2D eigenvalue weighted by Gasteiger charge is -2.14. The summed E-state index contributed by atoms with van der Waals surface area (Å²) < 4.78 is 5.85. The van der Waals surface area contributed by atoms with E-state index in [2.05, 4.69) is 24.1 Å². The van der Waals surface area contributed by atoms with Gasteiger partial charge in [-0.2, -0.15) is 0 Å². The third-order valence-electron chi connectivity index (χ3n) is 3.03. The zero-order chi connectivity index (χ0) is 15.2. The predicted octanol–water partition coefficient (Wildman–Crippen LogP) is 3.44. The van der Waals surface area contributed by atoms with E-state index in [4.69, 9.17) is 4.74 Å². The fourth-order valence-electron chi connectivity index (χ4n) is 1.87. The van der Waals surface area contributed by atoms with Crippen LogP contribution in [0.3, 0.4) is 0 Å². The molecule has 0 aliphatic rings. The molecule has 2 rings (SSSR count). The van der Waals surface area contributed by atoms with Crippen molar-refractivity contribution in [2.45, 2.75) is 26.4 Å². The van der Waals surface area contributed by atoms with Crippen molar-refractivity contribution in [3.8, 4) is 11.6 Å². The molecule has 0 saturated heterocycles. The number of aromatic nitrogens is 1. The van der Waals surface area contributed by atoms with Crippen molar-refractivity contribution >= 4 is 5.69 Å². The molecular formula is C17H23N3O. The molecule has 2 aromatic rings. The second-order valence-electron chi connectivity index (χ2n) is 5.50. The van der Waals surface area contributed by atoms with Crippen LogP contribution in [0.1, 0.15) is 19.5 Å². The summed E-state index contributed by atoms with van der Waals surface area (Å²) in [5.41, 5.74) is 2.08. The molecular weight excluding hydrogens is 262 g/mol. The minimum Gasteiger partial charge on any atom is -0.439 e. The van der Waals surface area contributed by atoms with Crippen molar-refractivity contribution in [3.05, 3.63) is 48.2 Å². The van der Waals surface area contributed by atoms with Gasteiger partial charge in [-0.3, -0.25) is 0 Å². The number of anilines is 1. The molecule has 0 aliphatic heterocycles. The topological polar surface area (TPSA) is 37.4 Å². The summed E-state index contributed by atoms with van der Waals surface area (Å²) in [7, 11) is 4.02. The van der Waals surface area contributed by atoms with Gasteiger partial charge >= 0.3 is 0 Å². The summed E-state index contributed by atoms with van der Waals surface area (Å²) in [5, 5.41) is 3.35. The Morgan fingerprint density at radius 3 is 2.62 bits per heavy atom. The number of pyridine rings is 1. The van der Waals surface area contributed by atoms with Crippen molar-refractivity contribution in [1.82, 2.24) is 10.3 Å². The normalized spacial score (nSPS) is 10.7. The fourth-order valence-corrected chi connectivity index (χ4v) is 1.87. The van der Waals surface area contributed by atoms with Gasteiger partial charge in [0.1, 0.15) is 5.75 Å². The average Bonchev–Trinajstić information content (AvgIpc) is 2.46. The van der Waals surface area contributed by atoms with E-state index >= 15 is 0 Å². The van der Waals surface area contributed by atoms with Gasteiger partial charge in [-0.05, 0) is 18.2 Å². The van der Waals surface area contributed by atoms with Crippen LogP contribution < -0.4 is 15.0 Å². The van der Waals surface area contributed by atoms with E-state index < -0.39 is 0 Å². The summed E-state index contributed by atoms with van der Waals surface area (Å²) >= 11 is 0. The molecule has 4 nitrogen and oxygen atoms in total. The van der Waals surface area contributed by atoms with E-state index in [0.717, 1.165) is 23.7 Å². The van der Waals surface area contributed by atoms with Crippen LogP contribution in [0.2, 0.25) is 0 Å². The first-order chi connectivity index (χ1) is 10.0. The van der Waals surface area contributed by atoms with Gasteiger partial charge in [0, 0.05) is 44.5 Å². The van der Waals surface area contributed by atoms with E-state index in [1.165, 1.54) is 0 Å². The highest BCUT2D eigenvalue weighted by Gasteiger charge is 2.03. The molecule has 0 bridgehead atoms. The molecule has 21 heavy (non-hydrogen) atoms. The standard InChI is InChI=1S/C17H23N3O/c1-13(2)18-12-14-7-5-10-17(19-14)21-16-9-6-8-15(11-16)20(3)4/h5-11,13,18H,12H2,1-4H3. The SMILES string of the molecule is CC(C)NCc1cccc(Oc2cccc(N(C)C)c2)n1. The Kier molecular flexibility index (Phi) is 5.17. The maximum absolute atomic E-state index is 5.85. The van der Waals surface area contributed by atoms with Crippen LogP contribution in [-0.4, -0.2) is 25.1 Å². The highest BCUT2D eigenvalue weighted by Crippen LogP contribution is 2.24. The van der Waals surface area contributed by atoms with Crippen LogP contribution in [0, 0.1) is 0 Å². The fraction of sp³-hybridized carbons (Fsp3) is 0.353. The van der Waals surface area contributed by atoms with Crippen LogP contribution in [-0.2, 0) is 6.54 Å². The molecule has 1 N–H and O–H groups in total. The van der Waals surface area contributed by atoms with Crippen molar-refractivity contribution in [2.24, 2.45) is 0 Å². The zero-order valence-electron chi connectivity index (χ0n) is 13.1. The Hall–Kier alpha value is -2.07. The minimum absolute atomic E-state index is 0.438. The number of hydrogen-bond donors (Lipinski definition) is 1. The molecule has 0 saturated carbocycles. The average molecular weight is 285 g/mol. The maximum atomic E-state index is 5.85. The molecule has 1 aromatic carbocycles. The maximum Gasteiger partial charge on any atom is 0.219 e. The number of nitrogens with zero attached hydrogens (tertiary/aromatic N) is 2. The Labute approximate surface area is 126 Å². The van der Waals surface area contributed by atoms with E-state index in [-0.39, 0.29) is 0 Å². The number of benzene rings is 1. The van der Waals surface area contributed by atoms with Crippen molar-refractivity contribution in [3.63, 3.8) is 0 Å². The van der Waals surface area contributed by atoms with Crippen molar-refractivity contribution in [1.29, 1.82) is 0 Å². The molecule has 0 atom stereocenters. The Morgan fingerprint density at radius 2 is 1.90 bits per heavy atom. The molecule has 0 spiro atoms. The highest BCUT2D eigenvalue weighted by atomic mass is 16.5.